The molecule has 1 atom stereocenters. The molecule has 2 aromatic rings. The van der Waals surface area contributed by atoms with Crippen LogP contribution in [0.2, 0.25) is 0 Å². The van der Waals surface area contributed by atoms with Crippen molar-refractivity contribution in [1.29, 1.82) is 0 Å². The third-order valence-electron chi connectivity index (χ3n) is 3.83. The van der Waals surface area contributed by atoms with E-state index in [0.29, 0.717) is 12.6 Å². The highest BCUT2D eigenvalue weighted by Gasteiger charge is 2.34. The molecule has 0 spiro atoms. The average Bonchev–Trinajstić information content (AvgIpc) is 3.19. The lowest BCUT2D eigenvalue weighted by atomic mass is 10.1. The summed E-state index contributed by atoms with van der Waals surface area (Å²) in [6.45, 7) is 5.94. The van der Waals surface area contributed by atoms with E-state index in [1.54, 1.807) is 0 Å². The van der Waals surface area contributed by atoms with Gasteiger partial charge in [-0.1, -0.05) is 6.92 Å². The number of hydrogen-bond donors (Lipinski definition) is 1. The van der Waals surface area contributed by atoms with Crippen LogP contribution in [-0.2, 0) is 0 Å². The van der Waals surface area contributed by atoms with Crippen LogP contribution < -0.4 is 10.1 Å². The van der Waals surface area contributed by atoms with E-state index in [-0.39, 0.29) is 0 Å². The molecule has 1 N–H and O–H groups in total. The number of ether oxygens (including phenoxy) is 1. The fourth-order valence-corrected chi connectivity index (χ4v) is 2.68. The Morgan fingerprint density at radius 1 is 1.30 bits per heavy atom. The number of rotatable bonds is 7. The third kappa shape index (κ3) is 2.83. The predicted octanol–water partition coefficient (Wildman–Crippen LogP) is 4.28. The van der Waals surface area contributed by atoms with Gasteiger partial charge in [-0.05, 0) is 62.9 Å². The minimum Gasteiger partial charge on any atom is -0.494 e. The molecule has 108 valence electrons. The molecular formula is C17H23NO2. The lowest BCUT2D eigenvalue weighted by Crippen LogP contribution is -2.23. The van der Waals surface area contributed by atoms with Gasteiger partial charge in [-0.15, -0.1) is 0 Å². The highest BCUT2D eigenvalue weighted by atomic mass is 16.5. The molecule has 3 heteroatoms. The molecule has 1 aliphatic rings. The summed E-state index contributed by atoms with van der Waals surface area (Å²) in [7, 11) is 0. The fourth-order valence-electron chi connectivity index (χ4n) is 2.68. The Labute approximate surface area is 120 Å². The van der Waals surface area contributed by atoms with E-state index in [4.69, 9.17) is 9.15 Å². The zero-order valence-electron chi connectivity index (χ0n) is 12.3. The van der Waals surface area contributed by atoms with Gasteiger partial charge >= 0.3 is 0 Å². The Bertz CT molecular complexity index is 571. The Morgan fingerprint density at radius 2 is 2.15 bits per heavy atom. The van der Waals surface area contributed by atoms with Crippen molar-refractivity contribution in [1.82, 2.24) is 5.32 Å². The second-order valence-electron chi connectivity index (χ2n) is 5.55. The van der Waals surface area contributed by atoms with Crippen molar-refractivity contribution in [2.45, 2.75) is 39.2 Å². The van der Waals surface area contributed by atoms with Crippen LogP contribution in [0.15, 0.2) is 28.7 Å². The standard InChI is InChI=1S/C17H23NO2/c1-3-9-18-17(12-5-6-12)16-11-13-10-14(19-4-2)7-8-15(13)20-16/h7-8,10-12,17-18H,3-6,9H2,1-2H3. The number of benzene rings is 1. The molecule has 1 unspecified atom stereocenters. The molecular weight excluding hydrogens is 250 g/mol. The van der Waals surface area contributed by atoms with E-state index < -0.39 is 0 Å². The first-order valence-electron chi connectivity index (χ1n) is 7.71. The van der Waals surface area contributed by atoms with Crippen molar-refractivity contribution >= 4 is 11.0 Å². The Hall–Kier alpha value is -1.48. The van der Waals surface area contributed by atoms with Crippen LogP contribution in [0.25, 0.3) is 11.0 Å². The smallest absolute Gasteiger partial charge is 0.134 e. The molecule has 1 saturated carbocycles. The van der Waals surface area contributed by atoms with Crippen LogP contribution in [0.4, 0.5) is 0 Å². The van der Waals surface area contributed by atoms with E-state index in [9.17, 15) is 0 Å². The molecule has 1 fully saturated rings. The van der Waals surface area contributed by atoms with Crippen LogP contribution in [0.3, 0.4) is 0 Å². The minimum absolute atomic E-state index is 0.373. The van der Waals surface area contributed by atoms with Gasteiger partial charge in [0.2, 0.25) is 0 Å². The monoisotopic (exact) mass is 273 g/mol. The van der Waals surface area contributed by atoms with Gasteiger partial charge in [0.05, 0.1) is 12.6 Å². The van der Waals surface area contributed by atoms with Crippen molar-refractivity contribution in [2.24, 2.45) is 5.92 Å². The van der Waals surface area contributed by atoms with Gasteiger partial charge in [-0.25, -0.2) is 0 Å². The van der Waals surface area contributed by atoms with Crippen LogP contribution in [-0.4, -0.2) is 13.2 Å². The Morgan fingerprint density at radius 3 is 2.85 bits per heavy atom. The third-order valence-corrected chi connectivity index (χ3v) is 3.83. The lowest BCUT2D eigenvalue weighted by Gasteiger charge is -2.14. The fraction of sp³-hybridized carbons (Fsp3) is 0.529. The Balaban J connectivity index is 1.86. The van der Waals surface area contributed by atoms with E-state index in [1.165, 1.54) is 12.8 Å². The van der Waals surface area contributed by atoms with E-state index in [1.807, 2.05) is 19.1 Å². The SMILES string of the molecule is CCCNC(c1cc2cc(OCC)ccc2o1)C1CC1. The van der Waals surface area contributed by atoms with Crippen molar-refractivity contribution in [3.8, 4) is 5.75 Å². The highest BCUT2D eigenvalue weighted by molar-refractivity contribution is 5.79. The molecule has 0 radical (unpaired) electrons. The van der Waals surface area contributed by atoms with Gasteiger partial charge in [-0.2, -0.15) is 0 Å². The van der Waals surface area contributed by atoms with E-state index in [0.717, 1.165) is 41.4 Å². The molecule has 0 amide bonds. The molecule has 20 heavy (non-hydrogen) atoms. The minimum atomic E-state index is 0.373. The summed E-state index contributed by atoms with van der Waals surface area (Å²) >= 11 is 0. The second-order valence-corrected chi connectivity index (χ2v) is 5.55. The maximum atomic E-state index is 6.04. The van der Waals surface area contributed by atoms with Crippen molar-refractivity contribution in [2.75, 3.05) is 13.2 Å². The summed E-state index contributed by atoms with van der Waals surface area (Å²) in [5.41, 5.74) is 0.951. The molecule has 1 aromatic carbocycles. The van der Waals surface area contributed by atoms with Gasteiger partial charge in [0, 0.05) is 5.39 Å². The number of hydrogen-bond acceptors (Lipinski definition) is 3. The summed E-state index contributed by atoms with van der Waals surface area (Å²) in [4.78, 5) is 0. The highest BCUT2D eigenvalue weighted by Crippen LogP contribution is 2.42. The first-order valence-corrected chi connectivity index (χ1v) is 7.71. The van der Waals surface area contributed by atoms with Crippen LogP contribution in [0.5, 0.6) is 5.75 Å². The van der Waals surface area contributed by atoms with Gasteiger partial charge in [0.1, 0.15) is 17.1 Å². The molecule has 3 rings (SSSR count). The molecule has 0 saturated heterocycles. The van der Waals surface area contributed by atoms with Gasteiger partial charge in [0.15, 0.2) is 0 Å². The number of fused-ring (bicyclic) bond motifs is 1. The zero-order chi connectivity index (χ0) is 13.9. The predicted molar refractivity (Wildman–Crippen MR) is 81.1 cm³/mol. The topological polar surface area (TPSA) is 34.4 Å². The summed E-state index contributed by atoms with van der Waals surface area (Å²) in [6.07, 6.45) is 3.77. The molecule has 0 bridgehead atoms. The summed E-state index contributed by atoms with van der Waals surface area (Å²) in [5.74, 6) is 2.73. The lowest BCUT2D eigenvalue weighted by molar-refractivity contribution is 0.340. The van der Waals surface area contributed by atoms with Gasteiger partial charge < -0.3 is 14.5 Å². The normalized spacial score (nSPS) is 16.5. The first-order chi connectivity index (χ1) is 9.81. The van der Waals surface area contributed by atoms with E-state index in [2.05, 4.69) is 24.4 Å². The maximum absolute atomic E-state index is 6.04. The van der Waals surface area contributed by atoms with Crippen molar-refractivity contribution in [3.05, 3.63) is 30.0 Å². The Kier molecular flexibility index (Phi) is 3.97. The molecule has 3 nitrogen and oxygen atoms in total. The van der Waals surface area contributed by atoms with E-state index >= 15 is 0 Å². The zero-order valence-corrected chi connectivity index (χ0v) is 12.3. The average molecular weight is 273 g/mol. The summed E-state index contributed by atoms with van der Waals surface area (Å²) < 4.78 is 11.6. The molecule has 1 aromatic heterocycles. The molecule has 1 heterocycles. The van der Waals surface area contributed by atoms with Gasteiger partial charge in [-0.3, -0.25) is 0 Å². The first kappa shape index (κ1) is 13.5. The van der Waals surface area contributed by atoms with Crippen LogP contribution in [0.1, 0.15) is 44.9 Å². The molecule has 0 aliphatic heterocycles. The van der Waals surface area contributed by atoms with Crippen LogP contribution in [0, 0.1) is 5.92 Å². The van der Waals surface area contributed by atoms with Gasteiger partial charge in [0.25, 0.3) is 0 Å². The second kappa shape index (κ2) is 5.88. The largest absolute Gasteiger partial charge is 0.494 e. The summed E-state index contributed by atoms with van der Waals surface area (Å²) in [5, 5.41) is 4.76. The maximum Gasteiger partial charge on any atom is 0.134 e. The quantitative estimate of drug-likeness (QED) is 0.817. The number of furan rings is 1. The van der Waals surface area contributed by atoms with Crippen molar-refractivity contribution in [3.63, 3.8) is 0 Å². The number of nitrogens with one attached hydrogen (secondary N) is 1. The van der Waals surface area contributed by atoms with Crippen molar-refractivity contribution < 1.29 is 9.15 Å². The molecule has 1 aliphatic carbocycles. The summed E-state index contributed by atoms with van der Waals surface area (Å²) in [6, 6.07) is 8.59. The van der Waals surface area contributed by atoms with Crippen LogP contribution >= 0.6 is 0 Å².